The van der Waals surface area contributed by atoms with Crippen molar-refractivity contribution in [2.45, 2.75) is 31.3 Å². The van der Waals surface area contributed by atoms with Gasteiger partial charge in [-0.3, -0.25) is 9.59 Å². The first-order valence-electron chi connectivity index (χ1n) is 7.67. The SMILES string of the molecule is O=C1CCc2cc(C(=O)N3CCC(O)(C(=O)O)CC3)c(F)cc2N1. The number of fused-ring (bicyclic) bond motifs is 1. The van der Waals surface area contributed by atoms with E-state index >= 15 is 0 Å². The summed E-state index contributed by atoms with van der Waals surface area (Å²) in [7, 11) is 0. The van der Waals surface area contributed by atoms with Crippen LogP contribution in [0.5, 0.6) is 0 Å². The molecule has 1 aromatic carbocycles. The molecule has 0 bridgehead atoms. The van der Waals surface area contributed by atoms with Gasteiger partial charge in [0.1, 0.15) is 5.82 Å². The van der Waals surface area contributed by atoms with E-state index in [9.17, 15) is 23.9 Å². The summed E-state index contributed by atoms with van der Waals surface area (Å²) >= 11 is 0. The van der Waals surface area contributed by atoms with Gasteiger partial charge in [0.25, 0.3) is 5.91 Å². The highest BCUT2D eigenvalue weighted by Gasteiger charge is 2.40. The van der Waals surface area contributed by atoms with Crippen molar-refractivity contribution in [2.24, 2.45) is 0 Å². The van der Waals surface area contributed by atoms with Gasteiger partial charge in [-0.05, 0) is 24.1 Å². The Labute approximate surface area is 137 Å². The standard InChI is InChI=1S/C16H17FN2O5/c17-11-8-12-9(1-2-13(20)18-12)7-10(11)14(21)19-5-3-16(24,4-6-19)15(22)23/h7-8,24H,1-6H2,(H,18,20)(H,22,23). The van der Waals surface area contributed by atoms with Crippen LogP contribution in [-0.2, 0) is 16.0 Å². The second-order valence-corrected chi connectivity index (χ2v) is 6.17. The summed E-state index contributed by atoms with van der Waals surface area (Å²) in [4.78, 5) is 36.2. The smallest absolute Gasteiger partial charge is 0.335 e. The second kappa shape index (κ2) is 5.86. The molecule has 2 aliphatic heterocycles. The lowest BCUT2D eigenvalue weighted by Crippen LogP contribution is -2.51. The highest BCUT2D eigenvalue weighted by atomic mass is 19.1. The second-order valence-electron chi connectivity index (χ2n) is 6.17. The maximum absolute atomic E-state index is 14.2. The van der Waals surface area contributed by atoms with Gasteiger partial charge in [-0.25, -0.2) is 9.18 Å². The summed E-state index contributed by atoms with van der Waals surface area (Å²) in [5.74, 6) is -2.78. The zero-order valence-electron chi connectivity index (χ0n) is 12.8. The summed E-state index contributed by atoms with van der Waals surface area (Å²) in [6.45, 7) is 0.0732. The molecule has 2 heterocycles. The third kappa shape index (κ3) is 2.84. The van der Waals surface area contributed by atoms with E-state index in [1.807, 2.05) is 0 Å². The van der Waals surface area contributed by atoms with Gasteiger partial charge in [-0.15, -0.1) is 0 Å². The van der Waals surface area contributed by atoms with Crippen molar-refractivity contribution < 1.29 is 29.0 Å². The van der Waals surface area contributed by atoms with Gasteiger partial charge in [-0.1, -0.05) is 0 Å². The molecule has 7 nitrogen and oxygen atoms in total. The van der Waals surface area contributed by atoms with Gasteiger partial charge in [-0.2, -0.15) is 0 Å². The maximum Gasteiger partial charge on any atom is 0.335 e. The number of hydrogen-bond acceptors (Lipinski definition) is 4. The van der Waals surface area contributed by atoms with E-state index in [-0.39, 0.29) is 43.8 Å². The van der Waals surface area contributed by atoms with E-state index in [1.54, 1.807) is 0 Å². The maximum atomic E-state index is 14.2. The zero-order chi connectivity index (χ0) is 17.5. The monoisotopic (exact) mass is 336 g/mol. The van der Waals surface area contributed by atoms with Crippen LogP contribution < -0.4 is 5.32 Å². The Morgan fingerprint density at radius 3 is 2.50 bits per heavy atom. The van der Waals surface area contributed by atoms with Crippen molar-refractivity contribution in [1.29, 1.82) is 0 Å². The fourth-order valence-electron chi connectivity index (χ4n) is 3.03. The largest absolute Gasteiger partial charge is 0.479 e. The number of nitrogens with zero attached hydrogens (tertiary/aromatic N) is 1. The van der Waals surface area contributed by atoms with Crippen molar-refractivity contribution >= 4 is 23.5 Å². The molecule has 0 atom stereocenters. The average Bonchev–Trinajstić information content (AvgIpc) is 2.54. The van der Waals surface area contributed by atoms with Crippen LogP contribution in [0, 0.1) is 5.82 Å². The Morgan fingerprint density at radius 1 is 1.21 bits per heavy atom. The number of likely N-dealkylation sites (tertiary alicyclic amines) is 1. The zero-order valence-corrected chi connectivity index (χ0v) is 12.8. The van der Waals surface area contributed by atoms with Gasteiger partial charge in [0.2, 0.25) is 5.91 Å². The number of aliphatic hydroxyl groups is 1. The van der Waals surface area contributed by atoms with Gasteiger partial charge in [0.05, 0.1) is 5.56 Å². The molecule has 2 aliphatic rings. The molecule has 0 saturated carbocycles. The molecule has 0 unspecified atom stereocenters. The minimum Gasteiger partial charge on any atom is -0.479 e. The number of hydrogen-bond donors (Lipinski definition) is 3. The quantitative estimate of drug-likeness (QED) is 0.739. The topological polar surface area (TPSA) is 107 Å². The van der Waals surface area contributed by atoms with Crippen LogP contribution in [0.1, 0.15) is 35.2 Å². The number of nitrogens with one attached hydrogen (secondary N) is 1. The highest BCUT2D eigenvalue weighted by molar-refractivity contribution is 5.98. The van der Waals surface area contributed by atoms with E-state index in [1.165, 1.54) is 11.0 Å². The molecule has 3 rings (SSSR count). The van der Waals surface area contributed by atoms with Gasteiger partial charge in [0, 0.05) is 38.0 Å². The lowest BCUT2D eigenvalue weighted by molar-refractivity contribution is -0.162. The van der Waals surface area contributed by atoms with Crippen LogP contribution in [0.3, 0.4) is 0 Å². The fraction of sp³-hybridized carbons (Fsp3) is 0.438. The third-order valence-electron chi connectivity index (χ3n) is 4.59. The number of carboxylic acids is 1. The number of anilines is 1. The molecule has 1 saturated heterocycles. The lowest BCUT2D eigenvalue weighted by Gasteiger charge is -2.35. The predicted molar refractivity (Wildman–Crippen MR) is 81.1 cm³/mol. The molecule has 8 heteroatoms. The van der Waals surface area contributed by atoms with Crippen LogP contribution in [0.15, 0.2) is 12.1 Å². The number of benzene rings is 1. The molecular formula is C16H17FN2O5. The van der Waals surface area contributed by atoms with Gasteiger partial charge in [0.15, 0.2) is 5.60 Å². The summed E-state index contributed by atoms with van der Waals surface area (Å²) in [5, 5.41) is 21.5. The lowest BCUT2D eigenvalue weighted by atomic mass is 9.91. The van der Waals surface area contributed by atoms with E-state index in [0.29, 0.717) is 17.7 Å². The van der Waals surface area contributed by atoms with Crippen molar-refractivity contribution in [3.8, 4) is 0 Å². The molecule has 0 spiro atoms. The molecule has 24 heavy (non-hydrogen) atoms. The number of carbonyl (C=O) groups excluding carboxylic acids is 2. The molecule has 1 aromatic rings. The molecule has 2 amide bonds. The predicted octanol–water partition coefficient (Wildman–Crippen LogP) is 0.762. The Kier molecular flexibility index (Phi) is 4.00. The average molecular weight is 336 g/mol. The first-order valence-corrected chi connectivity index (χ1v) is 7.67. The molecule has 3 N–H and O–H groups in total. The summed E-state index contributed by atoms with van der Waals surface area (Å²) in [5.41, 5.74) is -0.876. The van der Waals surface area contributed by atoms with Crippen molar-refractivity contribution in [3.63, 3.8) is 0 Å². The van der Waals surface area contributed by atoms with E-state index in [4.69, 9.17) is 5.11 Å². The first-order chi connectivity index (χ1) is 11.3. The minimum atomic E-state index is -1.84. The minimum absolute atomic E-state index is 0.0366. The molecule has 0 aliphatic carbocycles. The molecule has 1 fully saturated rings. The summed E-state index contributed by atoms with van der Waals surface area (Å²) < 4.78 is 14.2. The number of carboxylic acid groups (broad SMARTS) is 1. The molecule has 128 valence electrons. The van der Waals surface area contributed by atoms with Crippen molar-refractivity contribution in [3.05, 3.63) is 29.1 Å². The Bertz CT molecular complexity index is 725. The van der Waals surface area contributed by atoms with Crippen LogP contribution in [0.4, 0.5) is 10.1 Å². The van der Waals surface area contributed by atoms with Crippen LogP contribution in [-0.4, -0.2) is 51.6 Å². The van der Waals surface area contributed by atoms with Crippen molar-refractivity contribution in [2.75, 3.05) is 18.4 Å². The molecule has 0 aromatic heterocycles. The fourth-order valence-corrected chi connectivity index (χ4v) is 3.03. The number of rotatable bonds is 2. The Balaban J connectivity index is 1.79. The van der Waals surface area contributed by atoms with E-state index < -0.39 is 23.3 Å². The first kappa shape index (κ1) is 16.4. The van der Waals surface area contributed by atoms with Crippen LogP contribution in [0.25, 0.3) is 0 Å². The number of aryl methyl sites for hydroxylation is 1. The Hall–Kier alpha value is -2.48. The Morgan fingerprint density at radius 2 is 1.88 bits per heavy atom. The highest BCUT2D eigenvalue weighted by Crippen LogP contribution is 2.28. The number of piperidine rings is 1. The number of aliphatic carboxylic acids is 1. The number of amides is 2. The van der Waals surface area contributed by atoms with Crippen LogP contribution in [0.2, 0.25) is 0 Å². The third-order valence-corrected chi connectivity index (χ3v) is 4.59. The summed E-state index contributed by atoms with van der Waals surface area (Å²) in [6.07, 6.45) is 0.509. The number of halogens is 1. The van der Waals surface area contributed by atoms with Crippen LogP contribution >= 0.6 is 0 Å². The van der Waals surface area contributed by atoms with Crippen molar-refractivity contribution in [1.82, 2.24) is 4.90 Å². The van der Waals surface area contributed by atoms with E-state index in [0.717, 1.165) is 6.07 Å². The summed E-state index contributed by atoms with van der Waals surface area (Å²) in [6, 6.07) is 2.57. The number of carbonyl (C=O) groups is 3. The molecule has 0 radical (unpaired) electrons. The normalized spacial score (nSPS) is 19.4. The van der Waals surface area contributed by atoms with Gasteiger partial charge >= 0.3 is 5.97 Å². The molecular weight excluding hydrogens is 319 g/mol. The van der Waals surface area contributed by atoms with Gasteiger partial charge < -0.3 is 20.4 Å². The van der Waals surface area contributed by atoms with E-state index in [2.05, 4.69) is 5.32 Å².